The van der Waals surface area contributed by atoms with Gasteiger partial charge in [-0.15, -0.1) is 0 Å². The van der Waals surface area contributed by atoms with Gasteiger partial charge in [-0.2, -0.15) is 0 Å². The zero-order chi connectivity index (χ0) is 18.8. The van der Waals surface area contributed by atoms with Gasteiger partial charge in [0.15, 0.2) is 0 Å². The number of amides is 1. The van der Waals surface area contributed by atoms with E-state index in [0.717, 1.165) is 5.56 Å². The van der Waals surface area contributed by atoms with Gasteiger partial charge in [-0.1, -0.05) is 48.5 Å². The largest absolute Gasteiger partial charge is 0.448 e. The van der Waals surface area contributed by atoms with Crippen LogP contribution in [0.25, 0.3) is 11.1 Å². The van der Waals surface area contributed by atoms with Gasteiger partial charge in [-0.25, -0.2) is 4.79 Å². The van der Waals surface area contributed by atoms with Crippen LogP contribution in [0, 0.1) is 6.92 Å². The molecule has 5 heteroatoms. The summed E-state index contributed by atoms with van der Waals surface area (Å²) in [5.41, 5.74) is 6.59. The summed E-state index contributed by atoms with van der Waals surface area (Å²) in [6, 6.07) is 18.1. The molecule has 0 fully saturated rings. The minimum Gasteiger partial charge on any atom is -0.448 e. The van der Waals surface area contributed by atoms with Crippen molar-refractivity contribution < 1.29 is 14.6 Å². The minimum atomic E-state index is -0.518. The number of nitrogens with one attached hydrogen (secondary N) is 1. The second-order valence-corrected chi connectivity index (χ2v) is 6.54. The van der Waals surface area contributed by atoms with Gasteiger partial charge < -0.3 is 9.84 Å². The van der Waals surface area contributed by atoms with E-state index in [0.29, 0.717) is 11.4 Å². The Morgan fingerprint density at radius 1 is 1.07 bits per heavy atom. The summed E-state index contributed by atoms with van der Waals surface area (Å²) >= 11 is 0. The van der Waals surface area contributed by atoms with Crippen molar-refractivity contribution in [1.29, 1.82) is 0 Å². The van der Waals surface area contributed by atoms with Crippen LogP contribution < -0.4 is 5.32 Å². The fourth-order valence-electron chi connectivity index (χ4n) is 3.62. The van der Waals surface area contributed by atoms with Gasteiger partial charge in [0, 0.05) is 12.1 Å². The molecule has 27 heavy (non-hydrogen) atoms. The quantitative estimate of drug-likeness (QED) is 0.730. The average Bonchev–Trinajstić information content (AvgIpc) is 3.02. The number of hydrogen-bond donors (Lipinski definition) is 2. The predicted octanol–water partition coefficient (Wildman–Crippen LogP) is 4.24. The van der Waals surface area contributed by atoms with Gasteiger partial charge in [0.25, 0.3) is 0 Å². The van der Waals surface area contributed by atoms with Crippen LogP contribution in [0.4, 0.5) is 10.5 Å². The third kappa shape index (κ3) is 3.17. The molecule has 2 aromatic carbocycles. The highest BCUT2D eigenvalue weighted by atomic mass is 16.5. The Morgan fingerprint density at radius 3 is 2.33 bits per heavy atom. The van der Waals surface area contributed by atoms with E-state index in [-0.39, 0.29) is 19.1 Å². The van der Waals surface area contributed by atoms with Crippen molar-refractivity contribution in [3.05, 3.63) is 83.2 Å². The molecule has 0 radical (unpaired) electrons. The van der Waals surface area contributed by atoms with Crippen LogP contribution in [-0.2, 0) is 11.3 Å². The summed E-state index contributed by atoms with van der Waals surface area (Å²) in [4.78, 5) is 16.4. The van der Waals surface area contributed by atoms with Crippen LogP contribution in [-0.4, -0.2) is 22.8 Å². The molecule has 1 aliphatic rings. The number of hydrogen-bond acceptors (Lipinski definition) is 4. The Labute approximate surface area is 157 Å². The second kappa shape index (κ2) is 7.21. The van der Waals surface area contributed by atoms with E-state index < -0.39 is 6.09 Å². The molecule has 3 aromatic rings. The molecule has 0 saturated carbocycles. The van der Waals surface area contributed by atoms with Crippen LogP contribution in [0.2, 0.25) is 0 Å². The number of carbonyl (C=O) groups is 1. The van der Waals surface area contributed by atoms with Crippen molar-refractivity contribution in [3.63, 3.8) is 0 Å². The fourth-order valence-corrected chi connectivity index (χ4v) is 3.62. The maximum Gasteiger partial charge on any atom is 0.411 e. The van der Waals surface area contributed by atoms with Crippen molar-refractivity contribution in [2.24, 2.45) is 0 Å². The summed E-state index contributed by atoms with van der Waals surface area (Å²) in [6.07, 6.45) is 1.03. The van der Waals surface area contributed by atoms with Crippen LogP contribution in [0.15, 0.2) is 60.8 Å². The number of pyridine rings is 1. The van der Waals surface area contributed by atoms with E-state index in [1.54, 1.807) is 19.2 Å². The highest BCUT2D eigenvalue weighted by Gasteiger charge is 2.29. The molecule has 136 valence electrons. The van der Waals surface area contributed by atoms with Gasteiger partial charge >= 0.3 is 6.09 Å². The molecule has 0 bridgehead atoms. The molecular formula is C22H20N2O3. The first-order chi connectivity index (χ1) is 13.2. The topological polar surface area (TPSA) is 71.5 Å². The first kappa shape index (κ1) is 17.2. The van der Waals surface area contributed by atoms with E-state index in [4.69, 9.17) is 4.74 Å². The molecule has 1 aromatic heterocycles. The molecule has 2 N–H and O–H groups in total. The van der Waals surface area contributed by atoms with Crippen molar-refractivity contribution in [3.8, 4) is 11.1 Å². The van der Waals surface area contributed by atoms with Gasteiger partial charge in [0.05, 0.1) is 18.0 Å². The Kier molecular flexibility index (Phi) is 4.60. The van der Waals surface area contributed by atoms with Crippen molar-refractivity contribution >= 4 is 11.8 Å². The van der Waals surface area contributed by atoms with E-state index in [2.05, 4.69) is 34.6 Å². The van der Waals surface area contributed by atoms with Crippen LogP contribution in [0.1, 0.15) is 28.3 Å². The number of aliphatic hydroxyl groups excluding tert-OH is 1. The number of ether oxygens (including phenoxy) is 1. The van der Waals surface area contributed by atoms with E-state index >= 15 is 0 Å². The van der Waals surface area contributed by atoms with E-state index in [1.807, 2.05) is 24.3 Å². The molecule has 0 atom stereocenters. The second-order valence-electron chi connectivity index (χ2n) is 6.54. The lowest BCUT2D eigenvalue weighted by Crippen LogP contribution is -2.18. The third-order valence-electron chi connectivity index (χ3n) is 5.04. The monoisotopic (exact) mass is 360 g/mol. The first-order valence-corrected chi connectivity index (χ1v) is 8.86. The Bertz CT molecular complexity index is 955. The minimum absolute atomic E-state index is 0.0229. The lowest BCUT2D eigenvalue weighted by molar-refractivity contribution is 0.158. The molecule has 1 heterocycles. The molecule has 0 unspecified atom stereocenters. The number of benzene rings is 2. The third-order valence-corrected chi connectivity index (χ3v) is 5.04. The standard InChI is InChI=1S/C22H20N2O3/c1-14-20(10-11-23-21(14)12-25)24-22(26)27-13-19-17-8-4-2-6-15(17)16-7-3-5-9-18(16)19/h2-11,19,25H,12-13H2,1H3,(H,23,24,26). The van der Waals surface area contributed by atoms with Crippen LogP contribution >= 0.6 is 0 Å². The van der Waals surface area contributed by atoms with Crippen molar-refractivity contribution in [1.82, 2.24) is 4.98 Å². The number of aliphatic hydroxyl groups is 1. The summed E-state index contributed by atoms with van der Waals surface area (Å²) < 4.78 is 5.54. The first-order valence-electron chi connectivity index (χ1n) is 8.86. The Hall–Kier alpha value is -3.18. The lowest BCUT2D eigenvalue weighted by Gasteiger charge is -2.15. The number of anilines is 1. The normalized spacial score (nSPS) is 12.4. The van der Waals surface area contributed by atoms with Crippen molar-refractivity contribution in [2.45, 2.75) is 19.4 Å². The molecule has 0 saturated heterocycles. The SMILES string of the molecule is Cc1c(NC(=O)OCC2c3ccccc3-c3ccccc32)ccnc1CO. The molecule has 5 nitrogen and oxygen atoms in total. The summed E-state index contributed by atoms with van der Waals surface area (Å²) in [6.45, 7) is 1.89. The van der Waals surface area contributed by atoms with E-state index in [1.165, 1.54) is 22.3 Å². The summed E-state index contributed by atoms with van der Waals surface area (Å²) in [7, 11) is 0. The maximum atomic E-state index is 12.3. The maximum absolute atomic E-state index is 12.3. The smallest absolute Gasteiger partial charge is 0.411 e. The zero-order valence-corrected chi connectivity index (χ0v) is 15.0. The van der Waals surface area contributed by atoms with Crippen LogP contribution in [0.3, 0.4) is 0 Å². The zero-order valence-electron chi connectivity index (χ0n) is 15.0. The molecule has 4 rings (SSSR count). The number of nitrogens with zero attached hydrogens (tertiary/aromatic N) is 1. The van der Waals surface area contributed by atoms with Gasteiger partial charge in [-0.3, -0.25) is 10.3 Å². The number of rotatable bonds is 4. The molecular weight excluding hydrogens is 340 g/mol. The number of fused-ring (bicyclic) bond motifs is 3. The molecule has 0 spiro atoms. The summed E-state index contributed by atoms with van der Waals surface area (Å²) in [5.74, 6) is 0.0229. The van der Waals surface area contributed by atoms with E-state index in [9.17, 15) is 9.90 Å². The fraction of sp³-hybridized carbons (Fsp3) is 0.182. The lowest BCUT2D eigenvalue weighted by atomic mass is 9.98. The van der Waals surface area contributed by atoms with Crippen LogP contribution in [0.5, 0.6) is 0 Å². The summed E-state index contributed by atoms with van der Waals surface area (Å²) in [5, 5.41) is 12.0. The van der Waals surface area contributed by atoms with Gasteiger partial charge in [-0.05, 0) is 40.8 Å². The Morgan fingerprint density at radius 2 is 1.70 bits per heavy atom. The Balaban J connectivity index is 1.50. The molecule has 0 aliphatic heterocycles. The highest BCUT2D eigenvalue weighted by molar-refractivity contribution is 5.86. The average molecular weight is 360 g/mol. The number of aromatic nitrogens is 1. The van der Waals surface area contributed by atoms with Crippen molar-refractivity contribution in [2.75, 3.05) is 11.9 Å². The predicted molar refractivity (Wildman–Crippen MR) is 104 cm³/mol. The van der Waals surface area contributed by atoms with Gasteiger partial charge in [0.2, 0.25) is 0 Å². The van der Waals surface area contributed by atoms with Gasteiger partial charge in [0.1, 0.15) is 6.61 Å². The molecule has 1 aliphatic carbocycles. The molecule has 1 amide bonds. The highest BCUT2D eigenvalue weighted by Crippen LogP contribution is 2.44. The number of carbonyl (C=O) groups excluding carboxylic acids is 1.